The van der Waals surface area contributed by atoms with Crippen LogP contribution in [0.4, 0.5) is 0 Å². The summed E-state index contributed by atoms with van der Waals surface area (Å²) in [5.41, 5.74) is 2.52. The number of rotatable bonds is 4. The molecule has 0 aliphatic carbocycles. The van der Waals surface area contributed by atoms with E-state index >= 15 is 0 Å². The SMILES string of the molecule is Cc1ccccc1C(=O)N[C@H](c1ccc(Cl)cc1)c1nccn1C. The van der Waals surface area contributed by atoms with Crippen LogP contribution in [0.25, 0.3) is 0 Å². The quantitative estimate of drug-likeness (QED) is 0.783. The van der Waals surface area contributed by atoms with Crippen LogP contribution < -0.4 is 5.32 Å². The van der Waals surface area contributed by atoms with E-state index < -0.39 is 0 Å². The molecule has 3 rings (SSSR count). The van der Waals surface area contributed by atoms with Crippen LogP contribution in [-0.4, -0.2) is 15.5 Å². The van der Waals surface area contributed by atoms with Gasteiger partial charge in [-0.15, -0.1) is 0 Å². The Balaban J connectivity index is 1.97. The molecule has 1 amide bonds. The summed E-state index contributed by atoms with van der Waals surface area (Å²) in [7, 11) is 1.91. The third-order valence-electron chi connectivity index (χ3n) is 3.99. The number of amides is 1. The van der Waals surface area contributed by atoms with Crippen molar-refractivity contribution in [3.8, 4) is 0 Å². The molecule has 24 heavy (non-hydrogen) atoms. The second-order valence-electron chi connectivity index (χ2n) is 5.67. The van der Waals surface area contributed by atoms with E-state index in [1.165, 1.54) is 0 Å². The molecule has 5 heteroatoms. The van der Waals surface area contributed by atoms with Crippen LogP contribution in [0.1, 0.15) is 33.4 Å². The van der Waals surface area contributed by atoms with E-state index in [0.29, 0.717) is 10.6 Å². The summed E-state index contributed by atoms with van der Waals surface area (Å²) >= 11 is 5.99. The Morgan fingerprint density at radius 3 is 2.50 bits per heavy atom. The molecule has 0 aliphatic heterocycles. The number of nitrogens with zero attached hydrogens (tertiary/aromatic N) is 2. The Morgan fingerprint density at radius 1 is 1.17 bits per heavy atom. The predicted molar refractivity (Wildman–Crippen MR) is 95.1 cm³/mol. The van der Waals surface area contributed by atoms with Crippen molar-refractivity contribution in [2.75, 3.05) is 0 Å². The summed E-state index contributed by atoms with van der Waals surface area (Å²) in [5, 5.41) is 3.74. The van der Waals surface area contributed by atoms with Crippen LogP contribution in [0.5, 0.6) is 0 Å². The smallest absolute Gasteiger partial charge is 0.252 e. The minimum Gasteiger partial charge on any atom is -0.338 e. The van der Waals surface area contributed by atoms with Gasteiger partial charge in [-0.3, -0.25) is 4.79 Å². The zero-order valence-corrected chi connectivity index (χ0v) is 14.3. The first-order valence-corrected chi connectivity index (χ1v) is 8.03. The van der Waals surface area contributed by atoms with Gasteiger partial charge in [-0.05, 0) is 36.2 Å². The van der Waals surface area contributed by atoms with E-state index in [1.807, 2.05) is 73.3 Å². The molecule has 1 aromatic heterocycles. The molecule has 1 heterocycles. The van der Waals surface area contributed by atoms with Crippen molar-refractivity contribution in [3.05, 3.63) is 88.5 Å². The minimum absolute atomic E-state index is 0.129. The van der Waals surface area contributed by atoms with Crippen molar-refractivity contribution in [2.24, 2.45) is 7.05 Å². The summed E-state index contributed by atoms with van der Waals surface area (Å²) in [6, 6.07) is 14.6. The zero-order valence-electron chi connectivity index (χ0n) is 13.5. The lowest BCUT2D eigenvalue weighted by molar-refractivity contribution is 0.0940. The molecule has 0 unspecified atom stereocenters. The van der Waals surface area contributed by atoms with Gasteiger partial charge in [-0.2, -0.15) is 0 Å². The number of aromatic nitrogens is 2. The first kappa shape index (κ1) is 16.3. The highest BCUT2D eigenvalue weighted by Crippen LogP contribution is 2.23. The van der Waals surface area contributed by atoms with Gasteiger partial charge in [0.15, 0.2) is 0 Å². The lowest BCUT2D eigenvalue weighted by Crippen LogP contribution is -2.31. The second-order valence-corrected chi connectivity index (χ2v) is 6.11. The third kappa shape index (κ3) is 3.34. The Bertz CT molecular complexity index is 855. The van der Waals surface area contributed by atoms with Crippen molar-refractivity contribution < 1.29 is 4.79 Å². The number of halogens is 1. The zero-order chi connectivity index (χ0) is 17.1. The highest BCUT2D eigenvalue weighted by molar-refractivity contribution is 6.30. The molecule has 3 aromatic rings. The van der Waals surface area contributed by atoms with Crippen molar-refractivity contribution in [1.29, 1.82) is 0 Å². The Kier molecular flexibility index (Phi) is 4.67. The van der Waals surface area contributed by atoms with E-state index in [-0.39, 0.29) is 11.9 Å². The fourth-order valence-corrected chi connectivity index (χ4v) is 2.77. The monoisotopic (exact) mass is 339 g/mol. The summed E-state index contributed by atoms with van der Waals surface area (Å²) in [6.07, 6.45) is 3.58. The summed E-state index contributed by atoms with van der Waals surface area (Å²) in [5.74, 6) is 0.635. The Morgan fingerprint density at radius 2 is 1.88 bits per heavy atom. The van der Waals surface area contributed by atoms with Crippen LogP contribution in [-0.2, 0) is 7.05 Å². The third-order valence-corrected chi connectivity index (χ3v) is 4.24. The number of imidazole rings is 1. The van der Waals surface area contributed by atoms with Crippen LogP contribution in [0.3, 0.4) is 0 Å². The van der Waals surface area contributed by atoms with Gasteiger partial charge < -0.3 is 9.88 Å². The summed E-state index contributed by atoms with van der Waals surface area (Å²) < 4.78 is 1.90. The normalized spacial score (nSPS) is 12.0. The van der Waals surface area contributed by atoms with Crippen LogP contribution in [0, 0.1) is 6.92 Å². The number of hydrogen-bond donors (Lipinski definition) is 1. The number of benzene rings is 2. The minimum atomic E-state index is -0.352. The largest absolute Gasteiger partial charge is 0.338 e. The van der Waals surface area contributed by atoms with Gasteiger partial charge in [-0.25, -0.2) is 4.98 Å². The van der Waals surface area contributed by atoms with Gasteiger partial charge in [-0.1, -0.05) is 41.9 Å². The van der Waals surface area contributed by atoms with Gasteiger partial charge in [0.25, 0.3) is 5.91 Å². The summed E-state index contributed by atoms with van der Waals surface area (Å²) in [4.78, 5) is 17.1. The molecule has 1 atom stereocenters. The molecule has 0 spiro atoms. The van der Waals surface area contributed by atoms with Crippen LogP contribution >= 0.6 is 11.6 Å². The van der Waals surface area contributed by atoms with Crippen LogP contribution in [0.15, 0.2) is 60.9 Å². The van der Waals surface area contributed by atoms with E-state index in [9.17, 15) is 4.79 Å². The number of aryl methyl sites for hydroxylation is 2. The lowest BCUT2D eigenvalue weighted by Gasteiger charge is -2.20. The molecule has 4 nitrogen and oxygen atoms in total. The Labute approximate surface area is 146 Å². The number of carbonyl (C=O) groups is 1. The topological polar surface area (TPSA) is 46.9 Å². The van der Waals surface area contributed by atoms with E-state index in [0.717, 1.165) is 17.0 Å². The second kappa shape index (κ2) is 6.89. The van der Waals surface area contributed by atoms with Crippen molar-refractivity contribution in [1.82, 2.24) is 14.9 Å². The molecular formula is C19H18ClN3O. The van der Waals surface area contributed by atoms with E-state index in [4.69, 9.17) is 11.6 Å². The molecule has 0 fully saturated rings. The van der Waals surface area contributed by atoms with Gasteiger partial charge >= 0.3 is 0 Å². The van der Waals surface area contributed by atoms with E-state index in [1.54, 1.807) is 6.20 Å². The maximum absolute atomic E-state index is 12.7. The van der Waals surface area contributed by atoms with Crippen molar-refractivity contribution >= 4 is 17.5 Å². The highest BCUT2D eigenvalue weighted by Gasteiger charge is 2.22. The average Bonchev–Trinajstić information content (AvgIpc) is 2.99. The first-order chi connectivity index (χ1) is 11.6. The fourth-order valence-electron chi connectivity index (χ4n) is 2.64. The lowest BCUT2D eigenvalue weighted by atomic mass is 10.0. The number of nitrogens with one attached hydrogen (secondary N) is 1. The van der Waals surface area contributed by atoms with Crippen molar-refractivity contribution in [2.45, 2.75) is 13.0 Å². The fraction of sp³-hybridized carbons (Fsp3) is 0.158. The molecule has 1 N–H and O–H groups in total. The number of hydrogen-bond acceptors (Lipinski definition) is 2. The molecule has 0 aliphatic rings. The molecule has 0 bridgehead atoms. The van der Waals surface area contributed by atoms with Crippen LogP contribution in [0.2, 0.25) is 5.02 Å². The molecular weight excluding hydrogens is 322 g/mol. The summed E-state index contributed by atoms with van der Waals surface area (Å²) in [6.45, 7) is 1.92. The molecule has 0 saturated heterocycles. The maximum Gasteiger partial charge on any atom is 0.252 e. The average molecular weight is 340 g/mol. The number of carbonyl (C=O) groups excluding carboxylic acids is 1. The first-order valence-electron chi connectivity index (χ1n) is 7.65. The Hall–Kier alpha value is -2.59. The highest BCUT2D eigenvalue weighted by atomic mass is 35.5. The standard InChI is InChI=1S/C19H18ClN3O/c1-13-5-3-4-6-16(13)19(24)22-17(18-21-11-12-23(18)2)14-7-9-15(20)10-8-14/h3-12,17H,1-2H3,(H,22,24)/t17-/m1/s1. The molecule has 2 aromatic carbocycles. The van der Waals surface area contributed by atoms with Gasteiger partial charge in [0.2, 0.25) is 0 Å². The van der Waals surface area contributed by atoms with Gasteiger partial charge in [0.1, 0.15) is 11.9 Å². The molecule has 122 valence electrons. The van der Waals surface area contributed by atoms with E-state index in [2.05, 4.69) is 10.3 Å². The maximum atomic E-state index is 12.7. The van der Waals surface area contributed by atoms with Crippen molar-refractivity contribution in [3.63, 3.8) is 0 Å². The predicted octanol–water partition coefficient (Wildman–Crippen LogP) is 3.90. The molecule has 0 radical (unpaired) electrons. The van der Waals surface area contributed by atoms with Gasteiger partial charge in [0.05, 0.1) is 0 Å². The van der Waals surface area contributed by atoms with Gasteiger partial charge in [0, 0.05) is 30.0 Å². The molecule has 0 saturated carbocycles.